The van der Waals surface area contributed by atoms with E-state index < -0.39 is 11.9 Å². The molecule has 21 heavy (non-hydrogen) atoms. The van der Waals surface area contributed by atoms with Crippen molar-refractivity contribution in [1.29, 1.82) is 0 Å². The molecular formula is C14H15N3O4. The van der Waals surface area contributed by atoms with Crippen molar-refractivity contribution >= 4 is 28.5 Å². The molecule has 1 atom stereocenters. The molecule has 0 bridgehead atoms. The van der Waals surface area contributed by atoms with Crippen molar-refractivity contribution in [2.75, 3.05) is 25.5 Å². The molecule has 1 aliphatic rings. The summed E-state index contributed by atoms with van der Waals surface area (Å²) >= 11 is 0. The van der Waals surface area contributed by atoms with E-state index in [1.807, 2.05) is 0 Å². The molecule has 2 amide bonds. The number of furan rings is 1. The number of hydrogen-bond donors (Lipinski definition) is 2. The standard InChI is InChI=1S/C14H15N3O4/c15-9-1-2-11-8(5-9)6-12(21-11)14(19)17-3-4-20-7-10(17)13(16)18/h1-2,5-6,10H,3-4,7,15H2,(H2,16,18). The Bertz CT molecular complexity index is 709. The number of carbonyl (C=O) groups is 2. The summed E-state index contributed by atoms with van der Waals surface area (Å²) in [6.07, 6.45) is 0. The number of hydrogen-bond acceptors (Lipinski definition) is 5. The number of primary amides is 1. The van der Waals surface area contributed by atoms with Gasteiger partial charge in [-0.15, -0.1) is 0 Å². The summed E-state index contributed by atoms with van der Waals surface area (Å²) < 4.78 is 10.7. The third kappa shape index (κ3) is 2.43. The van der Waals surface area contributed by atoms with Gasteiger partial charge in [-0.1, -0.05) is 0 Å². The summed E-state index contributed by atoms with van der Waals surface area (Å²) in [6.45, 7) is 0.766. The first-order chi connectivity index (χ1) is 10.1. The first kappa shape index (κ1) is 13.4. The molecular weight excluding hydrogens is 274 g/mol. The van der Waals surface area contributed by atoms with Gasteiger partial charge in [0.25, 0.3) is 5.91 Å². The Hall–Kier alpha value is -2.54. The molecule has 0 aliphatic carbocycles. The van der Waals surface area contributed by atoms with Crippen LogP contribution in [0.2, 0.25) is 0 Å². The second-order valence-corrected chi connectivity index (χ2v) is 4.90. The van der Waals surface area contributed by atoms with Crippen LogP contribution in [-0.2, 0) is 9.53 Å². The molecule has 7 nitrogen and oxygen atoms in total. The molecule has 2 aromatic rings. The van der Waals surface area contributed by atoms with Gasteiger partial charge in [-0.3, -0.25) is 9.59 Å². The van der Waals surface area contributed by atoms with E-state index in [-0.39, 0.29) is 18.3 Å². The molecule has 2 heterocycles. The minimum absolute atomic E-state index is 0.105. The van der Waals surface area contributed by atoms with Gasteiger partial charge in [0.15, 0.2) is 5.76 Å². The molecule has 1 aromatic heterocycles. The molecule has 110 valence electrons. The van der Waals surface area contributed by atoms with Crippen molar-refractivity contribution in [2.24, 2.45) is 5.73 Å². The van der Waals surface area contributed by atoms with Crippen molar-refractivity contribution in [3.63, 3.8) is 0 Å². The number of nitrogen functional groups attached to an aromatic ring is 1. The van der Waals surface area contributed by atoms with Gasteiger partial charge in [-0.25, -0.2) is 0 Å². The van der Waals surface area contributed by atoms with E-state index in [1.54, 1.807) is 24.3 Å². The third-order valence-electron chi connectivity index (χ3n) is 3.47. The van der Waals surface area contributed by atoms with Gasteiger partial charge in [0.2, 0.25) is 5.91 Å². The fourth-order valence-electron chi connectivity index (χ4n) is 2.39. The van der Waals surface area contributed by atoms with Gasteiger partial charge >= 0.3 is 0 Å². The Morgan fingerprint density at radius 3 is 2.86 bits per heavy atom. The van der Waals surface area contributed by atoms with Crippen LogP contribution in [0.4, 0.5) is 5.69 Å². The quantitative estimate of drug-likeness (QED) is 0.774. The average Bonchev–Trinajstić information content (AvgIpc) is 2.89. The van der Waals surface area contributed by atoms with Gasteiger partial charge in [-0.05, 0) is 24.3 Å². The first-order valence-electron chi connectivity index (χ1n) is 6.53. The fraction of sp³-hybridized carbons (Fsp3) is 0.286. The van der Waals surface area contributed by atoms with Crippen LogP contribution in [0.1, 0.15) is 10.6 Å². The number of ether oxygens (including phenoxy) is 1. The molecule has 1 aliphatic heterocycles. The van der Waals surface area contributed by atoms with Crippen LogP contribution in [0.25, 0.3) is 11.0 Å². The average molecular weight is 289 g/mol. The fourth-order valence-corrected chi connectivity index (χ4v) is 2.39. The second-order valence-electron chi connectivity index (χ2n) is 4.90. The van der Waals surface area contributed by atoms with Crippen molar-refractivity contribution in [3.05, 3.63) is 30.0 Å². The molecule has 1 saturated heterocycles. The zero-order valence-electron chi connectivity index (χ0n) is 11.2. The van der Waals surface area contributed by atoms with Crippen molar-refractivity contribution < 1.29 is 18.7 Å². The Balaban J connectivity index is 1.93. The number of nitrogens with two attached hydrogens (primary N) is 2. The topological polar surface area (TPSA) is 112 Å². The van der Waals surface area contributed by atoms with Crippen LogP contribution in [-0.4, -0.2) is 42.5 Å². The summed E-state index contributed by atoms with van der Waals surface area (Å²) in [7, 11) is 0. The maximum absolute atomic E-state index is 12.5. The van der Waals surface area contributed by atoms with E-state index >= 15 is 0 Å². The third-order valence-corrected chi connectivity index (χ3v) is 3.47. The highest BCUT2D eigenvalue weighted by molar-refractivity contribution is 5.99. The highest BCUT2D eigenvalue weighted by atomic mass is 16.5. The molecule has 1 unspecified atom stereocenters. The van der Waals surface area contributed by atoms with Crippen LogP contribution in [0, 0.1) is 0 Å². The molecule has 0 radical (unpaired) electrons. The SMILES string of the molecule is NC(=O)C1COCCN1C(=O)c1cc2cc(N)ccc2o1. The molecule has 4 N–H and O–H groups in total. The zero-order valence-corrected chi connectivity index (χ0v) is 11.2. The first-order valence-corrected chi connectivity index (χ1v) is 6.53. The number of carbonyl (C=O) groups excluding carboxylic acids is 2. The lowest BCUT2D eigenvalue weighted by molar-refractivity contribution is -0.127. The molecule has 1 aromatic carbocycles. The lowest BCUT2D eigenvalue weighted by Crippen LogP contribution is -2.54. The van der Waals surface area contributed by atoms with Crippen molar-refractivity contribution in [1.82, 2.24) is 4.90 Å². The van der Waals surface area contributed by atoms with Crippen LogP contribution >= 0.6 is 0 Å². The molecule has 0 spiro atoms. The Morgan fingerprint density at radius 1 is 1.29 bits per heavy atom. The summed E-state index contributed by atoms with van der Waals surface area (Å²) in [5.74, 6) is -0.816. The van der Waals surface area contributed by atoms with Crippen LogP contribution < -0.4 is 11.5 Å². The van der Waals surface area contributed by atoms with Gasteiger partial charge < -0.3 is 25.5 Å². The van der Waals surface area contributed by atoms with Gasteiger partial charge in [-0.2, -0.15) is 0 Å². The van der Waals surface area contributed by atoms with Crippen LogP contribution in [0.15, 0.2) is 28.7 Å². The van der Waals surface area contributed by atoms with E-state index in [4.69, 9.17) is 20.6 Å². The molecule has 3 rings (SSSR count). The highest BCUT2D eigenvalue weighted by Crippen LogP contribution is 2.23. The number of anilines is 1. The number of rotatable bonds is 2. The Kier molecular flexibility index (Phi) is 3.26. The lowest BCUT2D eigenvalue weighted by atomic mass is 10.2. The van der Waals surface area contributed by atoms with Crippen molar-refractivity contribution in [2.45, 2.75) is 6.04 Å². The normalized spacial score (nSPS) is 18.9. The van der Waals surface area contributed by atoms with Crippen LogP contribution in [0.3, 0.4) is 0 Å². The summed E-state index contributed by atoms with van der Waals surface area (Å²) in [6, 6.07) is 5.96. The number of amides is 2. The van der Waals surface area contributed by atoms with Gasteiger partial charge in [0.1, 0.15) is 11.6 Å². The summed E-state index contributed by atoms with van der Waals surface area (Å²) in [5.41, 5.74) is 12.2. The van der Waals surface area contributed by atoms with E-state index in [9.17, 15) is 9.59 Å². The van der Waals surface area contributed by atoms with Gasteiger partial charge in [0, 0.05) is 17.6 Å². The largest absolute Gasteiger partial charge is 0.451 e. The van der Waals surface area contributed by atoms with Gasteiger partial charge in [0.05, 0.1) is 13.2 Å². The van der Waals surface area contributed by atoms with E-state index in [0.717, 1.165) is 5.39 Å². The Labute approximate surface area is 120 Å². The van der Waals surface area contributed by atoms with Crippen molar-refractivity contribution in [3.8, 4) is 0 Å². The molecule has 0 saturated carbocycles. The monoisotopic (exact) mass is 289 g/mol. The maximum Gasteiger partial charge on any atom is 0.290 e. The smallest absolute Gasteiger partial charge is 0.290 e. The minimum atomic E-state index is -0.774. The Morgan fingerprint density at radius 2 is 2.10 bits per heavy atom. The van der Waals surface area contributed by atoms with E-state index in [1.165, 1.54) is 4.90 Å². The zero-order chi connectivity index (χ0) is 15.0. The predicted molar refractivity (Wildman–Crippen MR) is 75.5 cm³/mol. The van der Waals surface area contributed by atoms with Crippen LogP contribution in [0.5, 0.6) is 0 Å². The lowest BCUT2D eigenvalue weighted by Gasteiger charge is -2.32. The number of fused-ring (bicyclic) bond motifs is 1. The summed E-state index contributed by atoms with van der Waals surface area (Å²) in [4.78, 5) is 25.3. The number of nitrogens with zero attached hydrogens (tertiary/aromatic N) is 1. The van der Waals surface area contributed by atoms with E-state index in [0.29, 0.717) is 24.4 Å². The molecule has 7 heteroatoms. The molecule has 1 fully saturated rings. The number of benzene rings is 1. The second kappa shape index (κ2) is 5.10. The highest BCUT2D eigenvalue weighted by Gasteiger charge is 2.33. The summed E-state index contributed by atoms with van der Waals surface area (Å²) in [5, 5.41) is 0.738. The minimum Gasteiger partial charge on any atom is -0.451 e. The predicted octanol–water partition coefficient (Wildman–Crippen LogP) is 0.341. The van der Waals surface area contributed by atoms with E-state index in [2.05, 4.69) is 0 Å². The number of morpholine rings is 1. The maximum atomic E-state index is 12.5.